The lowest BCUT2D eigenvalue weighted by molar-refractivity contribution is 0.100. The molecule has 2 amide bonds. The summed E-state index contributed by atoms with van der Waals surface area (Å²) in [6.45, 7) is 0. The molecule has 0 spiro atoms. The molecule has 0 saturated carbocycles. The predicted octanol–water partition coefficient (Wildman–Crippen LogP) is 2.32. The molecule has 0 atom stereocenters. The lowest BCUT2D eigenvalue weighted by Crippen LogP contribution is -2.18. The number of carbonyl (C=O) groups excluding carboxylic acids is 2. The van der Waals surface area contributed by atoms with Crippen molar-refractivity contribution in [1.29, 1.82) is 0 Å². The summed E-state index contributed by atoms with van der Waals surface area (Å²) in [7, 11) is 0. The predicted molar refractivity (Wildman–Crippen MR) is 69.3 cm³/mol. The second kappa shape index (κ2) is 5.48. The monoisotopic (exact) mass is 276 g/mol. The van der Waals surface area contributed by atoms with E-state index in [2.05, 4.69) is 5.32 Å². The van der Waals surface area contributed by atoms with Gasteiger partial charge >= 0.3 is 0 Å². The number of anilines is 1. The van der Waals surface area contributed by atoms with Gasteiger partial charge in [-0.2, -0.15) is 0 Å². The van der Waals surface area contributed by atoms with Crippen LogP contribution in [0.2, 0.25) is 0 Å². The van der Waals surface area contributed by atoms with Gasteiger partial charge in [-0.05, 0) is 24.3 Å². The van der Waals surface area contributed by atoms with Gasteiger partial charge in [-0.1, -0.05) is 12.1 Å². The number of nitrogens with two attached hydrogens (primary N) is 1. The van der Waals surface area contributed by atoms with Gasteiger partial charge in [-0.15, -0.1) is 0 Å². The summed E-state index contributed by atoms with van der Waals surface area (Å²) in [5.74, 6) is -3.18. The number of hydrogen-bond acceptors (Lipinski definition) is 2. The molecule has 0 bridgehead atoms. The largest absolute Gasteiger partial charge is 0.366 e. The van der Waals surface area contributed by atoms with Crippen LogP contribution in [0.1, 0.15) is 20.7 Å². The SMILES string of the molecule is NC(=O)c1ccccc1NC(=O)c1cc(F)cc(F)c1. The summed E-state index contributed by atoms with van der Waals surface area (Å²) < 4.78 is 26.1. The number of nitrogens with one attached hydrogen (secondary N) is 1. The minimum atomic E-state index is -0.863. The number of carbonyl (C=O) groups is 2. The molecule has 3 N–H and O–H groups in total. The first-order valence-corrected chi connectivity index (χ1v) is 5.63. The van der Waals surface area contributed by atoms with E-state index in [0.29, 0.717) is 6.07 Å². The number of amides is 2. The molecule has 0 aliphatic heterocycles. The zero-order valence-corrected chi connectivity index (χ0v) is 10.2. The van der Waals surface area contributed by atoms with E-state index in [-0.39, 0.29) is 16.8 Å². The van der Waals surface area contributed by atoms with Crippen LogP contribution in [-0.4, -0.2) is 11.8 Å². The van der Waals surface area contributed by atoms with Crippen molar-refractivity contribution in [3.63, 3.8) is 0 Å². The van der Waals surface area contributed by atoms with Gasteiger partial charge in [-0.25, -0.2) is 8.78 Å². The van der Waals surface area contributed by atoms with E-state index in [4.69, 9.17) is 5.73 Å². The Hall–Kier alpha value is -2.76. The molecule has 0 fully saturated rings. The fourth-order valence-corrected chi connectivity index (χ4v) is 1.69. The highest BCUT2D eigenvalue weighted by molar-refractivity contribution is 6.08. The number of para-hydroxylation sites is 1. The van der Waals surface area contributed by atoms with Crippen LogP contribution in [0.15, 0.2) is 42.5 Å². The van der Waals surface area contributed by atoms with Crippen LogP contribution < -0.4 is 11.1 Å². The maximum atomic E-state index is 13.0. The van der Waals surface area contributed by atoms with Gasteiger partial charge in [-0.3, -0.25) is 9.59 Å². The molecule has 6 heteroatoms. The molecule has 0 aromatic heterocycles. The minimum absolute atomic E-state index is 0.109. The van der Waals surface area contributed by atoms with E-state index in [9.17, 15) is 18.4 Å². The van der Waals surface area contributed by atoms with E-state index in [1.807, 2.05) is 0 Å². The number of halogens is 2. The van der Waals surface area contributed by atoms with E-state index < -0.39 is 23.4 Å². The smallest absolute Gasteiger partial charge is 0.255 e. The Morgan fingerprint density at radius 3 is 2.20 bits per heavy atom. The summed E-state index contributed by atoms with van der Waals surface area (Å²) in [6.07, 6.45) is 0. The van der Waals surface area contributed by atoms with Gasteiger partial charge in [0.25, 0.3) is 11.8 Å². The Morgan fingerprint density at radius 1 is 1.00 bits per heavy atom. The second-order valence-electron chi connectivity index (χ2n) is 4.02. The molecule has 2 aromatic carbocycles. The van der Waals surface area contributed by atoms with Crippen LogP contribution >= 0.6 is 0 Å². The quantitative estimate of drug-likeness (QED) is 0.903. The summed E-state index contributed by atoms with van der Waals surface area (Å²) in [5, 5.41) is 2.39. The van der Waals surface area contributed by atoms with Crippen LogP contribution in [0.25, 0.3) is 0 Å². The Bertz CT molecular complexity index is 666. The van der Waals surface area contributed by atoms with Crippen molar-refractivity contribution in [2.24, 2.45) is 5.73 Å². The molecular formula is C14H10F2N2O2. The van der Waals surface area contributed by atoms with E-state index in [1.54, 1.807) is 12.1 Å². The lowest BCUT2D eigenvalue weighted by atomic mass is 10.1. The van der Waals surface area contributed by atoms with Crippen molar-refractivity contribution in [2.45, 2.75) is 0 Å². The molecule has 20 heavy (non-hydrogen) atoms. The van der Waals surface area contributed by atoms with Crippen LogP contribution in [0.3, 0.4) is 0 Å². The zero-order valence-electron chi connectivity index (χ0n) is 10.2. The average Bonchev–Trinajstić information content (AvgIpc) is 2.37. The third-order valence-electron chi connectivity index (χ3n) is 2.57. The number of benzene rings is 2. The minimum Gasteiger partial charge on any atom is -0.366 e. The normalized spacial score (nSPS) is 10.1. The summed E-state index contributed by atoms with van der Waals surface area (Å²) in [6, 6.07) is 8.52. The molecule has 2 rings (SSSR count). The van der Waals surface area contributed by atoms with E-state index >= 15 is 0 Å². The Morgan fingerprint density at radius 2 is 1.60 bits per heavy atom. The van der Waals surface area contributed by atoms with Crippen molar-refractivity contribution in [1.82, 2.24) is 0 Å². The molecular weight excluding hydrogens is 266 g/mol. The molecule has 0 radical (unpaired) electrons. The standard InChI is InChI=1S/C14H10F2N2O2/c15-9-5-8(6-10(16)7-9)14(20)18-12-4-2-1-3-11(12)13(17)19/h1-7H,(H2,17,19)(H,18,20). The van der Waals surface area contributed by atoms with Crippen LogP contribution in [-0.2, 0) is 0 Å². The van der Waals surface area contributed by atoms with Gasteiger partial charge in [0.15, 0.2) is 0 Å². The highest BCUT2D eigenvalue weighted by atomic mass is 19.1. The molecule has 0 heterocycles. The fourth-order valence-electron chi connectivity index (χ4n) is 1.69. The van der Waals surface area contributed by atoms with E-state index in [1.165, 1.54) is 12.1 Å². The Kier molecular flexibility index (Phi) is 3.74. The summed E-state index contributed by atoms with van der Waals surface area (Å²) in [5.41, 5.74) is 5.26. The van der Waals surface area contributed by atoms with Crippen LogP contribution in [0, 0.1) is 11.6 Å². The molecule has 102 valence electrons. The van der Waals surface area contributed by atoms with Crippen molar-refractivity contribution in [2.75, 3.05) is 5.32 Å². The first kappa shape index (κ1) is 13.7. The second-order valence-corrected chi connectivity index (χ2v) is 4.02. The number of hydrogen-bond donors (Lipinski definition) is 2. The maximum absolute atomic E-state index is 13.0. The highest BCUT2D eigenvalue weighted by Crippen LogP contribution is 2.16. The Labute approximate surface area is 113 Å². The molecule has 4 nitrogen and oxygen atoms in total. The van der Waals surface area contributed by atoms with Crippen LogP contribution in [0.5, 0.6) is 0 Å². The summed E-state index contributed by atoms with van der Waals surface area (Å²) in [4.78, 5) is 23.1. The highest BCUT2D eigenvalue weighted by Gasteiger charge is 2.13. The first-order valence-electron chi connectivity index (χ1n) is 5.63. The van der Waals surface area contributed by atoms with Gasteiger partial charge in [0.2, 0.25) is 0 Å². The first-order chi connectivity index (χ1) is 9.47. The van der Waals surface area contributed by atoms with Crippen molar-refractivity contribution in [3.8, 4) is 0 Å². The van der Waals surface area contributed by atoms with Gasteiger partial charge < -0.3 is 11.1 Å². The van der Waals surface area contributed by atoms with Gasteiger partial charge in [0.05, 0.1) is 11.3 Å². The van der Waals surface area contributed by atoms with E-state index in [0.717, 1.165) is 12.1 Å². The number of rotatable bonds is 3. The third kappa shape index (κ3) is 2.97. The van der Waals surface area contributed by atoms with Crippen molar-refractivity contribution < 1.29 is 18.4 Å². The van der Waals surface area contributed by atoms with Crippen molar-refractivity contribution in [3.05, 3.63) is 65.2 Å². The maximum Gasteiger partial charge on any atom is 0.255 e. The Balaban J connectivity index is 2.30. The molecule has 0 aliphatic rings. The van der Waals surface area contributed by atoms with Gasteiger partial charge in [0, 0.05) is 11.6 Å². The van der Waals surface area contributed by atoms with Crippen molar-refractivity contribution >= 4 is 17.5 Å². The topological polar surface area (TPSA) is 72.2 Å². The third-order valence-corrected chi connectivity index (χ3v) is 2.57. The number of primary amides is 1. The summed E-state index contributed by atoms with van der Waals surface area (Å²) >= 11 is 0. The lowest BCUT2D eigenvalue weighted by Gasteiger charge is -2.09. The molecule has 2 aromatic rings. The fraction of sp³-hybridized carbons (Fsp3) is 0. The van der Waals surface area contributed by atoms with Gasteiger partial charge in [0.1, 0.15) is 11.6 Å². The zero-order chi connectivity index (χ0) is 14.7. The van der Waals surface area contributed by atoms with Crippen LogP contribution in [0.4, 0.5) is 14.5 Å². The molecule has 0 saturated heterocycles. The average molecular weight is 276 g/mol. The molecule has 0 unspecified atom stereocenters. The molecule has 0 aliphatic carbocycles.